The lowest BCUT2D eigenvalue weighted by Gasteiger charge is -2.37. The van der Waals surface area contributed by atoms with Crippen LogP contribution in [0.2, 0.25) is 0 Å². The van der Waals surface area contributed by atoms with Gasteiger partial charge < -0.3 is 10.0 Å². The van der Waals surface area contributed by atoms with Gasteiger partial charge in [0.05, 0.1) is 6.10 Å². The van der Waals surface area contributed by atoms with E-state index in [4.69, 9.17) is 0 Å². The smallest absolute Gasteiger partial charge is 0.222 e. The fourth-order valence-electron chi connectivity index (χ4n) is 3.34. The Morgan fingerprint density at radius 2 is 2.00 bits per heavy atom. The summed E-state index contributed by atoms with van der Waals surface area (Å²) in [5.41, 5.74) is 0. The highest BCUT2D eigenvalue weighted by Gasteiger charge is 2.38. The standard InChI is InChI=1S/C13H23NO2/c1-2-13(16)14-9-5-7-11(14)10-6-3-4-8-12(10)15/h10-12,15H,2-9H2,1H3. The first-order valence-corrected chi connectivity index (χ1v) is 6.71. The molecule has 1 heterocycles. The summed E-state index contributed by atoms with van der Waals surface area (Å²) in [4.78, 5) is 13.8. The first kappa shape index (κ1) is 11.9. The average Bonchev–Trinajstić information content (AvgIpc) is 2.77. The van der Waals surface area contributed by atoms with Crippen LogP contribution in [0.15, 0.2) is 0 Å². The second kappa shape index (κ2) is 5.17. The number of aliphatic hydroxyl groups is 1. The summed E-state index contributed by atoms with van der Waals surface area (Å²) in [5.74, 6) is 0.604. The van der Waals surface area contributed by atoms with E-state index in [0.717, 1.165) is 38.6 Å². The molecule has 0 bridgehead atoms. The summed E-state index contributed by atoms with van der Waals surface area (Å²) >= 11 is 0. The van der Waals surface area contributed by atoms with Crippen LogP contribution in [-0.2, 0) is 4.79 Å². The van der Waals surface area contributed by atoms with Gasteiger partial charge in [0.25, 0.3) is 0 Å². The van der Waals surface area contributed by atoms with Crippen molar-refractivity contribution in [2.24, 2.45) is 5.92 Å². The number of hydrogen-bond acceptors (Lipinski definition) is 2. The molecular weight excluding hydrogens is 202 g/mol. The van der Waals surface area contributed by atoms with Gasteiger partial charge >= 0.3 is 0 Å². The Labute approximate surface area is 97.8 Å². The van der Waals surface area contributed by atoms with Crippen molar-refractivity contribution in [3.8, 4) is 0 Å². The lowest BCUT2D eigenvalue weighted by Crippen LogP contribution is -2.45. The van der Waals surface area contributed by atoms with Crippen LogP contribution in [0.4, 0.5) is 0 Å². The van der Waals surface area contributed by atoms with E-state index in [1.807, 2.05) is 11.8 Å². The lowest BCUT2D eigenvalue weighted by molar-refractivity contribution is -0.133. The molecule has 1 aliphatic heterocycles. The van der Waals surface area contributed by atoms with Gasteiger partial charge in [-0.1, -0.05) is 19.8 Å². The zero-order valence-electron chi connectivity index (χ0n) is 10.2. The van der Waals surface area contributed by atoms with Gasteiger partial charge in [0.2, 0.25) is 5.91 Å². The average molecular weight is 225 g/mol. The summed E-state index contributed by atoms with van der Waals surface area (Å²) in [7, 11) is 0. The molecular formula is C13H23NO2. The lowest BCUT2D eigenvalue weighted by atomic mass is 9.80. The third-order valence-electron chi connectivity index (χ3n) is 4.20. The number of likely N-dealkylation sites (tertiary alicyclic amines) is 1. The van der Waals surface area contributed by atoms with E-state index in [0.29, 0.717) is 18.4 Å². The fraction of sp³-hybridized carbons (Fsp3) is 0.923. The van der Waals surface area contributed by atoms with Crippen LogP contribution in [0.1, 0.15) is 51.9 Å². The van der Waals surface area contributed by atoms with Crippen LogP contribution >= 0.6 is 0 Å². The molecule has 1 saturated heterocycles. The van der Waals surface area contributed by atoms with Crippen LogP contribution in [-0.4, -0.2) is 34.6 Å². The topological polar surface area (TPSA) is 40.5 Å². The van der Waals surface area contributed by atoms with Crippen LogP contribution in [0.3, 0.4) is 0 Å². The Morgan fingerprint density at radius 1 is 1.25 bits per heavy atom. The van der Waals surface area contributed by atoms with E-state index >= 15 is 0 Å². The molecule has 92 valence electrons. The van der Waals surface area contributed by atoms with Crippen molar-refractivity contribution in [2.45, 2.75) is 64.0 Å². The molecule has 3 heteroatoms. The number of carbonyl (C=O) groups is 1. The molecule has 0 spiro atoms. The minimum Gasteiger partial charge on any atom is -0.393 e. The highest BCUT2D eigenvalue weighted by atomic mass is 16.3. The van der Waals surface area contributed by atoms with Crippen LogP contribution < -0.4 is 0 Å². The molecule has 2 rings (SSSR count). The van der Waals surface area contributed by atoms with Crippen LogP contribution in [0.5, 0.6) is 0 Å². The van der Waals surface area contributed by atoms with Gasteiger partial charge in [0, 0.05) is 24.9 Å². The molecule has 1 amide bonds. The van der Waals surface area contributed by atoms with Crippen molar-refractivity contribution in [3.63, 3.8) is 0 Å². The van der Waals surface area contributed by atoms with Gasteiger partial charge in [-0.2, -0.15) is 0 Å². The Hall–Kier alpha value is -0.570. The van der Waals surface area contributed by atoms with Gasteiger partial charge in [-0.3, -0.25) is 4.79 Å². The number of carbonyl (C=O) groups excluding carboxylic acids is 1. The molecule has 3 atom stereocenters. The van der Waals surface area contributed by atoms with Gasteiger partial charge in [0.15, 0.2) is 0 Å². The maximum Gasteiger partial charge on any atom is 0.222 e. The monoisotopic (exact) mass is 225 g/mol. The normalized spacial score (nSPS) is 35.4. The van der Waals surface area contributed by atoms with E-state index in [9.17, 15) is 9.90 Å². The molecule has 0 aromatic heterocycles. The largest absolute Gasteiger partial charge is 0.393 e. The van der Waals surface area contributed by atoms with Crippen LogP contribution in [0.25, 0.3) is 0 Å². The molecule has 3 unspecified atom stereocenters. The maximum atomic E-state index is 11.8. The third kappa shape index (κ3) is 2.24. The Balaban J connectivity index is 2.03. The van der Waals surface area contributed by atoms with Crippen molar-refractivity contribution in [3.05, 3.63) is 0 Å². The number of rotatable bonds is 2. The van der Waals surface area contributed by atoms with Gasteiger partial charge in [-0.05, 0) is 25.7 Å². The third-order valence-corrected chi connectivity index (χ3v) is 4.20. The number of aliphatic hydroxyl groups excluding tert-OH is 1. The molecule has 0 aromatic rings. The van der Waals surface area contributed by atoms with E-state index in [2.05, 4.69) is 0 Å². The fourth-order valence-corrected chi connectivity index (χ4v) is 3.34. The van der Waals surface area contributed by atoms with Crippen molar-refractivity contribution in [1.82, 2.24) is 4.90 Å². The van der Waals surface area contributed by atoms with Crippen molar-refractivity contribution in [1.29, 1.82) is 0 Å². The molecule has 0 aromatic carbocycles. The highest BCUT2D eigenvalue weighted by Crippen LogP contribution is 2.34. The summed E-state index contributed by atoms with van der Waals surface area (Å²) in [6.07, 6.45) is 7.00. The van der Waals surface area contributed by atoms with Crippen LogP contribution in [0, 0.1) is 5.92 Å². The SMILES string of the molecule is CCC(=O)N1CCCC1C1CCCCC1O. The van der Waals surface area contributed by atoms with Gasteiger partial charge in [-0.15, -0.1) is 0 Å². The summed E-state index contributed by atoms with van der Waals surface area (Å²) in [5, 5.41) is 10.1. The number of hydrogen-bond donors (Lipinski definition) is 1. The van der Waals surface area contributed by atoms with Crippen molar-refractivity contribution < 1.29 is 9.90 Å². The zero-order chi connectivity index (χ0) is 11.5. The van der Waals surface area contributed by atoms with E-state index in [-0.39, 0.29) is 12.0 Å². The first-order valence-electron chi connectivity index (χ1n) is 6.71. The molecule has 1 N–H and O–H groups in total. The summed E-state index contributed by atoms with van der Waals surface area (Å²) in [6, 6.07) is 0.322. The first-order chi connectivity index (χ1) is 7.74. The summed E-state index contributed by atoms with van der Waals surface area (Å²) in [6.45, 7) is 2.83. The minimum atomic E-state index is -0.177. The molecule has 3 nitrogen and oxygen atoms in total. The van der Waals surface area contributed by atoms with Gasteiger partial charge in [-0.25, -0.2) is 0 Å². The molecule has 2 aliphatic rings. The van der Waals surface area contributed by atoms with E-state index < -0.39 is 0 Å². The Morgan fingerprint density at radius 3 is 2.69 bits per heavy atom. The second-order valence-electron chi connectivity index (χ2n) is 5.17. The molecule has 2 fully saturated rings. The van der Waals surface area contributed by atoms with Gasteiger partial charge in [0.1, 0.15) is 0 Å². The second-order valence-corrected chi connectivity index (χ2v) is 5.17. The highest BCUT2D eigenvalue weighted by molar-refractivity contribution is 5.76. The predicted octanol–water partition coefficient (Wildman–Crippen LogP) is 1.94. The molecule has 0 radical (unpaired) electrons. The van der Waals surface area contributed by atoms with Crippen molar-refractivity contribution in [2.75, 3.05) is 6.54 Å². The summed E-state index contributed by atoms with van der Waals surface area (Å²) < 4.78 is 0. The number of amides is 1. The molecule has 16 heavy (non-hydrogen) atoms. The zero-order valence-corrected chi connectivity index (χ0v) is 10.2. The minimum absolute atomic E-state index is 0.177. The quantitative estimate of drug-likeness (QED) is 0.780. The van der Waals surface area contributed by atoms with Crippen molar-refractivity contribution >= 4 is 5.91 Å². The predicted molar refractivity (Wildman–Crippen MR) is 63.0 cm³/mol. The number of nitrogens with zero attached hydrogens (tertiary/aromatic N) is 1. The maximum absolute atomic E-state index is 11.8. The van der Waals surface area contributed by atoms with E-state index in [1.165, 1.54) is 6.42 Å². The Bertz CT molecular complexity index is 254. The van der Waals surface area contributed by atoms with E-state index in [1.54, 1.807) is 0 Å². The molecule has 1 aliphatic carbocycles. The Kier molecular flexibility index (Phi) is 3.85. The molecule has 1 saturated carbocycles.